The molecule has 2 N–H and O–H groups in total. The van der Waals surface area contributed by atoms with E-state index >= 15 is 0 Å². The van der Waals surface area contributed by atoms with E-state index in [1.54, 1.807) is 0 Å². The van der Waals surface area contributed by atoms with E-state index in [9.17, 15) is 9.18 Å². The van der Waals surface area contributed by atoms with E-state index in [2.05, 4.69) is 5.32 Å². The molecule has 0 aromatic heterocycles. The lowest BCUT2D eigenvalue weighted by Crippen LogP contribution is -2.31. The van der Waals surface area contributed by atoms with Crippen LogP contribution in [-0.2, 0) is 0 Å². The molecule has 3 nitrogen and oxygen atoms in total. The highest BCUT2D eigenvalue weighted by molar-refractivity contribution is 6.34. The first kappa shape index (κ1) is 13.3. The Morgan fingerprint density at radius 1 is 1.50 bits per heavy atom. The number of carbonyl (C=O) groups excluding carboxylic acids is 1. The average Bonchev–Trinajstić information content (AvgIpc) is 3.11. The molecule has 2 rings (SSSR count). The van der Waals surface area contributed by atoms with Crippen LogP contribution in [0.4, 0.5) is 4.39 Å². The predicted molar refractivity (Wildman–Crippen MR) is 67.1 cm³/mol. The van der Waals surface area contributed by atoms with Gasteiger partial charge in [-0.1, -0.05) is 17.7 Å². The van der Waals surface area contributed by atoms with Gasteiger partial charge in [-0.05, 0) is 36.8 Å². The van der Waals surface area contributed by atoms with E-state index in [-0.39, 0.29) is 28.5 Å². The molecule has 18 heavy (non-hydrogen) atoms. The van der Waals surface area contributed by atoms with Crippen LogP contribution in [0.5, 0.6) is 0 Å². The van der Waals surface area contributed by atoms with Gasteiger partial charge in [0.2, 0.25) is 0 Å². The molecule has 0 saturated heterocycles. The summed E-state index contributed by atoms with van der Waals surface area (Å²) in [5.41, 5.74) is 0.181. The van der Waals surface area contributed by atoms with E-state index in [0.717, 1.165) is 12.8 Å². The van der Waals surface area contributed by atoms with Crippen molar-refractivity contribution in [1.29, 1.82) is 0 Å². The Kier molecular flexibility index (Phi) is 3.88. The molecule has 1 fully saturated rings. The number of carbonyl (C=O) groups is 1. The lowest BCUT2D eigenvalue weighted by molar-refractivity contribution is 0.0940. The van der Waals surface area contributed by atoms with E-state index in [4.69, 9.17) is 16.7 Å². The molecule has 0 atom stereocenters. The van der Waals surface area contributed by atoms with Crippen LogP contribution < -0.4 is 5.32 Å². The third kappa shape index (κ3) is 2.82. The van der Waals surface area contributed by atoms with Crippen molar-refractivity contribution < 1.29 is 14.3 Å². The van der Waals surface area contributed by atoms with E-state index in [1.807, 2.05) is 0 Å². The first-order valence-corrected chi connectivity index (χ1v) is 6.29. The van der Waals surface area contributed by atoms with Gasteiger partial charge in [0.1, 0.15) is 5.82 Å². The third-order valence-electron chi connectivity index (χ3n) is 3.42. The van der Waals surface area contributed by atoms with Crippen molar-refractivity contribution in [3.63, 3.8) is 0 Å². The molecule has 1 saturated carbocycles. The second kappa shape index (κ2) is 5.24. The summed E-state index contributed by atoms with van der Waals surface area (Å²) in [6.07, 6.45) is 2.69. The molecule has 98 valence electrons. The zero-order valence-electron chi connectivity index (χ0n) is 9.88. The van der Waals surface area contributed by atoms with Crippen LogP contribution in [0, 0.1) is 11.2 Å². The molecule has 1 aliphatic carbocycles. The van der Waals surface area contributed by atoms with Crippen LogP contribution in [0.25, 0.3) is 0 Å². The van der Waals surface area contributed by atoms with Gasteiger partial charge in [-0.3, -0.25) is 4.79 Å². The molecular formula is C13H15ClFNO2. The van der Waals surface area contributed by atoms with Gasteiger partial charge < -0.3 is 10.4 Å². The molecule has 1 aliphatic rings. The zero-order chi connectivity index (χ0) is 13.2. The Morgan fingerprint density at radius 3 is 2.83 bits per heavy atom. The van der Waals surface area contributed by atoms with Crippen molar-refractivity contribution in [2.75, 3.05) is 13.2 Å². The van der Waals surface area contributed by atoms with Gasteiger partial charge in [0.25, 0.3) is 5.91 Å². The summed E-state index contributed by atoms with van der Waals surface area (Å²) in [7, 11) is 0. The third-order valence-corrected chi connectivity index (χ3v) is 3.80. The number of benzene rings is 1. The maximum absolute atomic E-state index is 13.2. The molecule has 0 unspecified atom stereocenters. The van der Waals surface area contributed by atoms with E-state index in [0.29, 0.717) is 13.0 Å². The van der Waals surface area contributed by atoms with Gasteiger partial charge >= 0.3 is 0 Å². The van der Waals surface area contributed by atoms with Gasteiger partial charge in [-0.2, -0.15) is 0 Å². The smallest absolute Gasteiger partial charge is 0.252 e. The van der Waals surface area contributed by atoms with Crippen LogP contribution in [0.2, 0.25) is 5.02 Å². The minimum atomic E-state index is -0.596. The number of hydrogen-bond acceptors (Lipinski definition) is 2. The van der Waals surface area contributed by atoms with Crippen LogP contribution in [0.3, 0.4) is 0 Å². The largest absolute Gasteiger partial charge is 0.396 e. The highest BCUT2D eigenvalue weighted by Crippen LogP contribution is 2.47. The molecular weight excluding hydrogens is 257 g/mol. The van der Waals surface area contributed by atoms with Gasteiger partial charge in [0, 0.05) is 13.2 Å². The van der Waals surface area contributed by atoms with E-state index in [1.165, 1.54) is 18.2 Å². The summed E-state index contributed by atoms with van der Waals surface area (Å²) < 4.78 is 13.2. The molecule has 0 radical (unpaired) electrons. The number of amides is 1. The zero-order valence-corrected chi connectivity index (χ0v) is 10.6. The van der Waals surface area contributed by atoms with Gasteiger partial charge in [-0.15, -0.1) is 0 Å². The Hall–Kier alpha value is -1.13. The first-order chi connectivity index (χ1) is 8.58. The fraction of sp³-hybridized carbons (Fsp3) is 0.462. The number of aliphatic hydroxyl groups excluding tert-OH is 1. The summed E-state index contributed by atoms with van der Waals surface area (Å²) in [6.45, 7) is 0.621. The molecule has 0 spiro atoms. The maximum Gasteiger partial charge on any atom is 0.252 e. The molecule has 0 bridgehead atoms. The van der Waals surface area contributed by atoms with E-state index < -0.39 is 5.82 Å². The lowest BCUT2D eigenvalue weighted by Gasteiger charge is -2.15. The summed E-state index contributed by atoms with van der Waals surface area (Å²) in [6, 6.07) is 4.16. The van der Waals surface area contributed by atoms with Crippen molar-refractivity contribution in [2.24, 2.45) is 5.41 Å². The fourth-order valence-electron chi connectivity index (χ4n) is 1.97. The highest BCUT2D eigenvalue weighted by Gasteiger charge is 2.41. The summed E-state index contributed by atoms with van der Waals surface area (Å²) in [5, 5.41) is 11.5. The molecule has 1 aromatic carbocycles. The standard InChI is InChI=1S/C13H15ClFNO2/c14-11-9(2-1-3-10(11)15)12(18)16-8-13(4-5-13)6-7-17/h1-3,17H,4-8H2,(H,16,18). The van der Waals surface area contributed by atoms with Crippen LogP contribution in [-0.4, -0.2) is 24.2 Å². The first-order valence-electron chi connectivity index (χ1n) is 5.91. The van der Waals surface area contributed by atoms with Crippen molar-refractivity contribution in [2.45, 2.75) is 19.3 Å². The quantitative estimate of drug-likeness (QED) is 0.864. The molecule has 0 aliphatic heterocycles. The minimum absolute atomic E-state index is 0.0320. The normalized spacial score (nSPS) is 16.4. The number of nitrogens with one attached hydrogen (secondary N) is 1. The topological polar surface area (TPSA) is 49.3 Å². The van der Waals surface area contributed by atoms with Gasteiger partial charge in [0.15, 0.2) is 0 Å². The Morgan fingerprint density at radius 2 is 2.22 bits per heavy atom. The van der Waals surface area contributed by atoms with Crippen molar-refractivity contribution in [1.82, 2.24) is 5.32 Å². The molecule has 5 heteroatoms. The summed E-state index contributed by atoms with van der Waals surface area (Å²) >= 11 is 5.74. The summed E-state index contributed by atoms with van der Waals surface area (Å²) in [4.78, 5) is 11.9. The lowest BCUT2D eigenvalue weighted by atomic mass is 10.0. The second-order valence-corrected chi connectivity index (χ2v) is 5.14. The SMILES string of the molecule is O=C(NCC1(CCO)CC1)c1cccc(F)c1Cl. The number of rotatable bonds is 5. The minimum Gasteiger partial charge on any atom is -0.396 e. The second-order valence-electron chi connectivity index (χ2n) is 4.76. The van der Waals surface area contributed by atoms with Crippen molar-refractivity contribution in [3.8, 4) is 0 Å². The summed E-state index contributed by atoms with van der Waals surface area (Å²) in [5.74, 6) is -0.968. The number of halogens is 2. The fourth-order valence-corrected chi connectivity index (χ4v) is 2.18. The monoisotopic (exact) mass is 271 g/mol. The van der Waals surface area contributed by atoms with Crippen LogP contribution in [0.15, 0.2) is 18.2 Å². The number of aliphatic hydroxyl groups is 1. The Balaban J connectivity index is 1.98. The predicted octanol–water partition coefficient (Wildman–Crippen LogP) is 2.37. The molecule has 1 amide bonds. The highest BCUT2D eigenvalue weighted by atomic mass is 35.5. The van der Waals surface area contributed by atoms with Gasteiger partial charge in [-0.25, -0.2) is 4.39 Å². The van der Waals surface area contributed by atoms with Crippen molar-refractivity contribution >= 4 is 17.5 Å². The van der Waals surface area contributed by atoms with Crippen molar-refractivity contribution in [3.05, 3.63) is 34.6 Å². The average molecular weight is 272 g/mol. The van der Waals surface area contributed by atoms with Crippen LogP contribution in [0.1, 0.15) is 29.6 Å². The molecule has 0 heterocycles. The number of hydrogen-bond donors (Lipinski definition) is 2. The molecule has 1 aromatic rings. The van der Waals surface area contributed by atoms with Gasteiger partial charge in [0.05, 0.1) is 10.6 Å². The maximum atomic E-state index is 13.2. The Labute approximate surface area is 110 Å². The van der Waals surface area contributed by atoms with Crippen LogP contribution >= 0.6 is 11.6 Å². The Bertz CT molecular complexity index is 460.